The van der Waals surface area contributed by atoms with Crippen LogP contribution < -0.4 is 5.32 Å². The summed E-state index contributed by atoms with van der Waals surface area (Å²) in [6, 6.07) is 6.02. The number of benzene rings is 1. The zero-order chi connectivity index (χ0) is 22.8. The number of halogens is 2. The van der Waals surface area contributed by atoms with Gasteiger partial charge in [-0.2, -0.15) is 5.10 Å². The topological polar surface area (TPSA) is 69.7 Å². The van der Waals surface area contributed by atoms with E-state index < -0.39 is 0 Å². The normalized spacial score (nSPS) is 15.5. The molecule has 32 heavy (non-hydrogen) atoms. The lowest BCUT2D eigenvalue weighted by Crippen LogP contribution is -2.38. The van der Waals surface area contributed by atoms with Crippen LogP contribution in [0.15, 0.2) is 24.4 Å². The van der Waals surface area contributed by atoms with Crippen molar-refractivity contribution in [3.63, 3.8) is 0 Å². The highest BCUT2D eigenvalue weighted by atomic mass is 35.5. The summed E-state index contributed by atoms with van der Waals surface area (Å²) in [5.41, 5.74) is 4.93. The molecule has 170 valence electrons. The Labute approximate surface area is 193 Å². The molecule has 0 saturated carbocycles. The lowest BCUT2D eigenvalue weighted by Gasteiger charge is -2.35. The van der Waals surface area contributed by atoms with E-state index in [9.17, 15) is 4.39 Å². The molecule has 1 aliphatic rings. The van der Waals surface area contributed by atoms with Gasteiger partial charge in [-0.25, -0.2) is 14.4 Å². The number of nitrogens with one attached hydrogen (secondary N) is 2. The second-order valence-corrected chi connectivity index (χ2v) is 9.33. The first-order chi connectivity index (χ1) is 15.3. The third-order valence-corrected chi connectivity index (χ3v) is 6.53. The van der Waals surface area contributed by atoms with Crippen molar-refractivity contribution < 1.29 is 4.39 Å². The van der Waals surface area contributed by atoms with E-state index in [0.29, 0.717) is 29.1 Å². The molecule has 6 nitrogen and oxygen atoms in total. The van der Waals surface area contributed by atoms with Gasteiger partial charge in [0.25, 0.3) is 0 Å². The molecule has 1 aromatic carbocycles. The van der Waals surface area contributed by atoms with Crippen LogP contribution in [0, 0.1) is 19.7 Å². The number of hydrogen-bond donors (Lipinski definition) is 2. The third-order valence-electron chi connectivity index (χ3n) is 6.21. The molecule has 1 aliphatic heterocycles. The van der Waals surface area contributed by atoms with E-state index in [1.165, 1.54) is 0 Å². The number of piperidine rings is 1. The van der Waals surface area contributed by atoms with Gasteiger partial charge in [0, 0.05) is 23.8 Å². The second-order valence-electron chi connectivity index (χ2n) is 8.92. The Hall–Kier alpha value is -2.51. The van der Waals surface area contributed by atoms with Crippen molar-refractivity contribution in [3.8, 4) is 0 Å². The minimum Gasteiger partial charge on any atom is -0.324 e. The molecule has 1 saturated heterocycles. The Morgan fingerprint density at radius 2 is 1.97 bits per heavy atom. The molecular weight excluding hydrogens is 427 g/mol. The molecule has 0 atom stereocenters. The first-order valence-electron chi connectivity index (χ1n) is 11.1. The van der Waals surface area contributed by atoms with Crippen LogP contribution in [0.2, 0.25) is 5.02 Å². The lowest BCUT2D eigenvalue weighted by molar-refractivity contribution is 0.171. The van der Waals surface area contributed by atoms with Crippen LogP contribution in [0.25, 0.3) is 0 Å². The van der Waals surface area contributed by atoms with E-state index in [0.717, 1.165) is 54.1 Å². The molecular formula is C24H30ClFN6. The molecule has 0 aliphatic carbocycles. The molecule has 0 bridgehead atoms. The molecule has 4 rings (SSSR count). The molecule has 8 heteroatoms. The molecule has 1 fully saturated rings. The third kappa shape index (κ3) is 5.10. The van der Waals surface area contributed by atoms with Gasteiger partial charge in [0.2, 0.25) is 5.95 Å². The van der Waals surface area contributed by atoms with Crippen molar-refractivity contribution in [1.29, 1.82) is 0 Å². The van der Waals surface area contributed by atoms with E-state index in [4.69, 9.17) is 11.6 Å². The minimum absolute atomic E-state index is 0.136. The van der Waals surface area contributed by atoms with E-state index >= 15 is 0 Å². The van der Waals surface area contributed by atoms with Crippen molar-refractivity contribution in [2.24, 2.45) is 0 Å². The largest absolute Gasteiger partial charge is 0.324 e. The molecule has 3 aromatic rings. The van der Waals surface area contributed by atoms with Gasteiger partial charge in [0.05, 0.1) is 22.6 Å². The quantitative estimate of drug-likeness (QED) is 0.510. The van der Waals surface area contributed by atoms with Crippen LogP contribution in [0.3, 0.4) is 0 Å². The standard InChI is InChI=1S/C24H30ClFN6/c1-14(2)32-7-5-17(6-8-32)19-12-22(15(3)9-21(19)26)28-24-27-13-20(25)23(29-24)11-18-10-16(4)30-31-18/h9-10,12-14,17H,5-8,11H2,1-4H3,(H,30,31)(H,27,28,29). The minimum atomic E-state index is -0.136. The zero-order valence-electron chi connectivity index (χ0n) is 19.0. The van der Waals surface area contributed by atoms with Crippen molar-refractivity contribution in [3.05, 3.63) is 63.4 Å². The average molecular weight is 457 g/mol. The fourth-order valence-electron chi connectivity index (χ4n) is 4.31. The Balaban J connectivity index is 1.54. The predicted molar refractivity (Wildman–Crippen MR) is 126 cm³/mol. The molecule has 0 amide bonds. The first kappa shape index (κ1) is 22.7. The molecule has 0 radical (unpaired) electrons. The van der Waals surface area contributed by atoms with Crippen molar-refractivity contribution >= 4 is 23.2 Å². The maximum Gasteiger partial charge on any atom is 0.227 e. The van der Waals surface area contributed by atoms with Gasteiger partial charge in [-0.1, -0.05) is 11.6 Å². The maximum absolute atomic E-state index is 14.9. The average Bonchev–Trinajstić information content (AvgIpc) is 3.17. The number of aromatic nitrogens is 4. The van der Waals surface area contributed by atoms with Gasteiger partial charge in [-0.15, -0.1) is 0 Å². The second kappa shape index (κ2) is 9.55. The SMILES string of the molecule is Cc1cc(Cc2nc(Nc3cc(C4CCN(C(C)C)CC4)c(F)cc3C)ncc2Cl)n[nH]1. The van der Waals surface area contributed by atoms with Crippen molar-refractivity contribution in [2.75, 3.05) is 18.4 Å². The summed E-state index contributed by atoms with van der Waals surface area (Å²) in [7, 11) is 0. The molecule has 2 N–H and O–H groups in total. The van der Waals surface area contributed by atoms with Crippen molar-refractivity contribution in [2.45, 2.75) is 58.9 Å². The summed E-state index contributed by atoms with van der Waals surface area (Å²) in [5, 5.41) is 11.0. The monoisotopic (exact) mass is 456 g/mol. The van der Waals surface area contributed by atoms with Crippen LogP contribution in [0.5, 0.6) is 0 Å². The summed E-state index contributed by atoms with van der Waals surface area (Å²) in [5.74, 6) is 0.519. The fraction of sp³-hybridized carbons (Fsp3) is 0.458. The van der Waals surface area contributed by atoms with E-state index in [1.54, 1.807) is 12.3 Å². The van der Waals surface area contributed by atoms with Crippen molar-refractivity contribution in [1.82, 2.24) is 25.1 Å². The summed E-state index contributed by atoms with van der Waals surface area (Å²) < 4.78 is 14.9. The Kier molecular flexibility index (Phi) is 6.76. The van der Waals surface area contributed by atoms with Gasteiger partial charge in [0.15, 0.2) is 0 Å². The van der Waals surface area contributed by atoms with Gasteiger partial charge < -0.3 is 10.2 Å². The predicted octanol–water partition coefficient (Wildman–Crippen LogP) is 5.53. The maximum atomic E-state index is 14.9. The van der Waals surface area contributed by atoms with E-state index in [-0.39, 0.29) is 11.7 Å². The van der Waals surface area contributed by atoms with Gasteiger partial charge in [0.1, 0.15) is 5.82 Å². The highest BCUT2D eigenvalue weighted by Gasteiger charge is 2.25. The van der Waals surface area contributed by atoms with Crippen LogP contribution in [-0.2, 0) is 6.42 Å². The number of aromatic amines is 1. The summed E-state index contributed by atoms with van der Waals surface area (Å²) in [4.78, 5) is 11.4. The van der Waals surface area contributed by atoms with E-state index in [1.807, 2.05) is 26.0 Å². The molecule has 0 unspecified atom stereocenters. The molecule has 2 aromatic heterocycles. The molecule has 3 heterocycles. The van der Waals surface area contributed by atoms with Crippen LogP contribution in [0.4, 0.5) is 16.0 Å². The summed E-state index contributed by atoms with van der Waals surface area (Å²) in [6.07, 6.45) is 4.01. The van der Waals surface area contributed by atoms with Crippen LogP contribution >= 0.6 is 11.6 Å². The number of likely N-dealkylation sites (tertiary alicyclic amines) is 1. The Morgan fingerprint density at radius 3 is 2.62 bits per heavy atom. The smallest absolute Gasteiger partial charge is 0.227 e. The number of anilines is 2. The summed E-state index contributed by atoms with van der Waals surface area (Å²) in [6.45, 7) is 10.3. The fourth-order valence-corrected chi connectivity index (χ4v) is 4.47. The number of nitrogens with zero attached hydrogens (tertiary/aromatic N) is 4. The molecule has 0 spiro atoms. The Morgan fingerprint density at radius 1 is 1.22 bits per heavy atom. The number of H-pyrrole nitrogens is 1. The van der Waals surface area contributed by atoms with Gasteiger partial charge in [-0.05, 0) is 88.9 Å². The lowest BCUT2D eigenvalue weighted by atomic mass is 9.87. The highest BCUT2D eigenvalue weighted by Crippen LogP contribution is 2.34. The number of hydrogen-bond acceptors (Lipinski definition) is 5. The van der Waals surface area contributed by atoms with Crippen LogP contribution in [0.1, 0.15) is 60.8 Å². The van der Waals surface area contributed by atoms with Crippen LogP contribution in [-0.4, -0.2) is 44.2 Å². The Bertz CT molecular complexity index is 1090. The first-order valence-corrected chi connectivity index (χ1v) is 11.5. The zero-order valence-corrected chi connectivity index (χ0v) is 19.8. The number of rotatable bonds is 6. The summed E-state index contributed by atoms with van der Waals surface area (Å²) >= 11 is 6.32. The van der Waals surface area contributed by atoms with E-state index in [2.05, 4.69) is 44.2 Å². The highest BCUT2D eigenvalue weighted by molar-refractivity contribution is 6.31. The van der Waals surface area contributed by atoms with Gasteiger partial charge >= 0.3 is 0 Å². The number of aryl methyl sites for hydroxylation is 2. The van der Waals surface area contributed by atoms with Gasteiger partial charge in [-0.3, -0.25) is 5.10 Å².